The minimum Gasteiger partial charge on any atom is -0.491 e. The van der Waals surface area contributed by atoms with Crippen LogP contribution in [0.3, 0.4) is 0 Å². The lowest BCUT2D eigenvalue weighted by Gasteiger charge is -2.31. The molecule has 1 heterocycles. The number of carbonyl (C=O) groups is 2. The van der Waals surface area contributed by atoms with E-state index in [1.807, 2.05) is 38.1 Å². The fourth-order valence-corrected chi connectivity index (χ4v) is 2.32. The Kier molecular flexibility index (Phi) is 5.38. The zero-order chi connectivity index (χ0) is 16.1. The van der Waals surface area contributed by atoms with Crippen LogP contribution in [0.4, 0.5) is 0 Å². The van der Waals surface area contributed by atoms with Gasteiger partial charge in [0, 0.05) is 12.1 Å². The first-order valence-electron chi connectivity index (χ1n) is 7.34. The Labute approximate surface area is 129 Å². The highest BCUT2D eigenvalue weighted by Crippen LogP contribution is 2.21. The summed E-state index contributed by atoms with van der Waals surface area (Å²) in [5.41, 5.74) is 0.805. The number of carboxylic acids is 1. The fraction of sp³-hybridized carbons (Fsp3) is 0.500. The second-order valence-electron chi connectivity index (χ2n) is 5.49. The van der Waals surface area contributed by atoms with Crippen LogP contribution in [0, 0.1) is 0 Å². The van der Waals surface area contributed by atoms with E-state index in [1.54, 1.807) is 0 Å². The molecule has 0 aromatic heterocycles. The second-order valence-corrected chi connectivity index (χ2v) is 5.49. The molecule has 1 aromatic rings. The van der Waals surface area contributed by atoms with E-state index in [1.165, 1.54) is 4.90 Å². The number of para-hydroxylation sites is 1. The lowest BCUT2D eigenvalue weighted by Crippen LogP contribution is -2.49. The molecule has 120 valence electrons. The van der Waals surface area contributed by atoms with Crippen molar-refractivity contribution in [1.29, 1.82) is 0 Å². The topological polar surface area (TPSA) is 76.1 Å². The molecule has 1 atom stereocenters. The van der Waals surface area contributed by atoms with Crippen molar-refractivity contribution < 1.29 is 24.2 Å². The highest BCUT2D eigenvalue weighted by atomic mass is 16.5. The summed E-state index contributed by atoms with van der Waals surface area (Å²) in [5, 5.41) is 8.99. The minimum absolute atomic E-state index is 0.0241. The predicted octanol–water partition coefficient (Wildman–Crippen LogP) is 1.33. The Hall–Kier alpha value is -2.08. The van der Waals surface area contributed by atoms with Crippen molar-refractivity contribution in [2.45, 2.75) is 32.5 Å². The lowest BCUT2D eigenvalue weighted by atomic mass is 10.1. The maximum absolute atomic E-state index is 12.4. The van der Waals surface area contributed by atoms with Gasteiger partial charge in [0.1, 0.15) is 5.75 Å². The number of benzene rings is 1. The van der Waals surface area contributed by atoms with E-state index in [2.05, 4.69) is 0 Å². The van der Waals surface area contributed by atoms with Crippen LogP contribution in [-0.4, -0.2) is 53.8 Å². The first-order chi connectivity index (χ1) is 10.5. The van der Waals surface area contributed by atoms with Crippen LogP contribution in [0.5, 0.6) is 5.75 Å². The number of ether oxygens (including phenoxy) is 2. The molecule has 1 N–H and O–H groups in total. The highest BCUT2D eigenvalue weighted by molar-refractivity contribution is 5.81. The number of hydrogen-bond acceptors (Lipinski definition) is 4. The van der Waals surface area contributed by atoms with Crippen molar-refractivity contribution in [3.63, 3.8) is 0 Å². The summed E-state index contributed by atoms with van der Waals surface area (Å²) in [7, 11) is 0. The summed E-state index contributed by atoms with van der Waals surface area (Å²) >= 11 is 0. The number of hydrogen-bond donors (Lipinski definition) is 1. The Balaban J connectivity index is 2.04. The van der Waals surface area contributed by atoms with Gasteiger partial charge in [-0.1, -0.05) is 18.2 Å². The number of carboxylic acid groups (broad SMARTS) is 1. The summed E-state index contributed by atoms with van der Waals surface area (Å²) in [6.07, 6.45) is -0.731. The van der Waals surface area contributed by atoms with Crippen molar-refractivity contribution in [3.8, 4) is 5.75 Å². The van der Waals surface area contributed by atoms with Gasteiger partial charge in [0.05, 0.1) is 25.7 Å². The molecular formula is C16H21NO5. The first-order valence-corrected chi connectivity index (χ1v) is 7.34. The number of morpholine rings is 1. The van der Waals surface area contributed by atoms with E-state index in [-0.39, 0.29) is 31.6 Å². The van der Waals surface area contributed by atoms with Crippen LogP contribution >= 0.6 is 0 Å². The van der Waals surface area contributed by atoms with Gasteiger partial charge in [-0.05, 0) is 19.9 Å². The Morgan fingerprint density at radius 1 is 1.41 bits per heavy atom. The van der Waals surface area contributed by atoms with Gasteiger partial charge >= 0.3 is 5.97 Å². The number of carbonyl (C=O) groups excluding carboxylic acids is 1. The molecule has 0 saturated carbocycles. The molecule has 1 aliphatic heterocycles. The largest absolute Gasteiger partial charge is 0.491 e. The second kappa shape index (κ2) is 7.26. The monoisotopic (exact) mass is 307 g/mol. The van der Waals surface area contributed by atoms with Crippen molar-refractivity contribution >= 4 is 11.9 Å². The average Bonchev–Trinajstić information content (AvgIpc) is 2.49. The van der Waals surface area contributed by atoms with Crippen LogP contribution in [0.15, 0.2) is 24.3 Å². The summed E-state index contributed by atoms with van der Waals surface area (Å²) in [6, 6.07) is 7.41. The molecular weight excluding hydrogens is 286 g/mol. The number of rotatable bonds is 5. The molecule has 0 radical (unpaired) electrons. The molecule has 1 saturated heterocycles. The van der Waals surface area contributed by atoms with Crippen LogP contribution in [0.2, 0.25) is 0 Å². The molecule has 2 rings (SSSR count). The first kappa shape index (κ1) is 16.3. The Morgan fingerprint density at radius 2 is 2.14 bits per heavy atom. The molecule has 0 spiro atoms. The molecule has 0 bridgehead atoms. The standard InChI is InChI=1S/C16H21NO5/c1-11(2)22-13-6-4-3-5-12(13)9-15(18)17-7-8-21-14(10-17)16(19)20/h3-6,11,14H,7-10H2,1-2H3,(H,19,20). The quantitative estimate of drug-likeness (QED) is 0.888. The van der Waals surface area contributed by atoms with Gasteiger partial charge in [0.25, 0.3) is 0 Å². The summed E-state index contributed by atoms with van der Waals surface area (Å²) in [4.78, 5) is 24.9. The van der Waals surface area contributed by atoms with E-state index >= 15 is 0 Å². The zero-order valence-corrected chi connectivity index (χ0v) is 12.8. The van der Waals surface area contributed by atoms with Crippen LogP contribution in [-0.2, 0) is 20.7 Å². The molecule has 1 unspecified atom stereocenters. The molecule has 1 aliphatic rings. The lowest BCUT2D eigenvalue weighted by molar-refractivity contribution is -0.159. The Morgan fingerprint density at radius 3 is 2.82 bits per heavy atom. The number of nitrogens with zero attached hydrogens (tertiary/aromatic N) is 1. The third-order valence-corrected chi connectivity index (χ3v) is 3.37. The van der Waals surface area contributed by atoms with Gasteiger partial charge in [-0.2, -0.15) is 0 Å². The smallest absolute Gasteiger partial charge is 0.334 e. The average molecular weight is 307 g/mol. The van der Waals surface area contributed by atoms with Crippen molar-refractivity contribution in [1.82, 2.24) is 4.90 Å². The summed E-state index contributed by atoms with van der Waals surface area (Å²) in [6.45, 7) is 4.60. The predicted molar refractivity (Wildman–Crippen MR) is 79.9 cm³/mol. The van der Waals surface area contributed by atoms with E-state index in [9.17, 15) is 9.59 Å². The van der Waals surface area contributed by atoms with Crippen molar-refractivity contribution in [3.05, 3.63) is 29.8 Å². The summed E-state index contributed by atoms with van der Waals surface area (Å²) in [5.74, 6) is -0.468. The molecule has 1 aromatic carbocycles. The molecule has 22 heavy (non-hydrogen) atoms. The van der Waals surface area contributed by atoms with Crippen LogP contribution in [0.1, 0.15) is 19.4 Å². The van der Waals surface area contributed by atoms with Gasteiger partial charge in [0.2, 0.25) is 5.91 Å². The van der Waals surface area contributed by atoms with Crippen molar-refractivity contribution in [2.75, 3.05) is 19.7 Å². The van der Waals surface area contributed by atoms with Gasteiger partial charge < -0.3 is 19.5 Å². The molecule has 1 fully saturated rings. The SMILES string of the molecule is CC(C)Oc1ccccc1CC(=O)N1CCOC(C(=O)O)C1. The highest BCUT2D eigenvalue weighted by Gasteiger charge is 2.29. The maximum atomic E-state index is 12.4. The van der Waals surface area contributed by atoms with E-state index in [0.717, 1.165) is 5.56 Å². The van der Waals surface area contributed by atoms with Gasteiger partial charge in [-0.15, -0.1) is 0 Å². The van der Waals surface area contributed by atoms with Crippen molar-refractivity contribution in [2.24, 2.45) is 0 Å². The van der Waals surface area contributed by atoms with Gasteiger partial charge in [-0.25, -0.2) is 4.79 Å². The molecule has 6 heteroatoms. The fourth-order valence-electron chi connectivity index (χ4n) is 2.32. The zero-order valence-electron chi connectivity index (χ0n) is 12.8. The number of aliphatic carboxylic acids is 1. The third kappa shape index (κ3) is 4.21. The third-order valence-electron chi connectivity index (χ3n) is 3.37. The molecule has 0 aliphatic carbocycles. The van der Waals surface area contributed by atoms with E-state index in [0.29, 0.717) is 12.3 Å². The Bertz CT molecular complexity index is 543. The van der Waals surface area contributed by atoms with E-state index < -0.39 is 12.1 Å². The maximum Gasteiger partial charge on any atom is 0.334 e. The van der Waals surface area contributed by atoms with Crippen LogP contribution in [0.25, 0.3) is 0 Å². The normalized spacial score (nSPS) is 18.3. The van der Waals surface area contributed by atoms with Crippen LogP contribution < -0.4 is 4.74 Å². The summed E-state index contributed by atoms with van der Waals surface area (Å²) < 4.78 is 10.8. The molecule has 6 nitrogen and oxygen atoms in total. The van der Waals surface area contributed by atoms with Gasteiger partial charge in [-0.3, -0.25) is 4.79 Å². The minimum atomic E-state index is -1.04. The van der Waals surface area contributed by atoms with Gasteiger partial charge in [0.15, 0.2) is 6.10 Å². The van der Waals surface area contributed by atoms with E-state index in [4.69, 9.17) is 14.6 Å². The molecule has 1 amide bonds. The number of amides is 1.